The van der Waals surface area contributed by atoms with Gasteiger partial charge in [0.15, 0.2) is 0 Å². The summed E-state index contributed by atoms with van der Waals surface area (Å²) in [5.41, 5.74) is -9.35. The molecule has 13 heteroatoms. The molecular weight excluding hydrogens is 566 g/mol. The maximum atomic E-state index is 13.6. The molecule has 1 aromatic rings. The number of hydrogen-bond donors (Lipinski definition) is 0. The van der Waals surface area contributed by atoms with E-state index in [0.717, 1.165) is 0 Å². The summed E-state index contributed by atoms with van der Waals surface area (Å²) in [6.07, 6.45) is -15.4. The Morgan fingerprint density at radius 2 is 0.844 bits per heavy atom. The molecule has 0 saturated carbocycles. The fraction of sp³-hybridized carbons (Fsp3) is 0.684. The summed E-state index contributed by atoms with van der Waals surface area (Å²) in [6.45, 7) is 2.99. The van der Waals surface area contributed by atoms with Crippen molar-refractivity contribution in [2.45, 2.75) is 81.3 Å². The molecule has 0 radical (unpaired) electrons. The van der Waals surface area contributed by atoms with Gasteiger partial charge in [0, 0.05) is 0 Å². The number of alkyl halides is 9. The standard InChI is InChI=1S/C7H7.3C4H6F3O.Sn/c1-7-5-3-2-4-6-7;3*1-3(2,8)4(5,6)7;/h2-6H,1H2;3*1-2H3;/q;3*-1;+3. The summed E-state index contributed by atoms with van der Waals surface area (Å²) >= 11 is -6.46. The number of halogens is 9. The van der Waals surface area contributed by atoms with E-state index in [9.17, 15) is 39.5 Å². The second-order valence-corrected chi connectivity index (χ2v) is 15.3. The Bertz CT molecular complexity index is 685. The van der Waals surface area contributed by atoms with Crippen molar-refractivity contribution in [1.29, 1.82) is 0 Å². The molecule has 0 fully saturated rings. The van der Waals surface area contributed by atoms with Gasteiger partial charge in [0.25, 0.3) is 0 Å². The second-order valence-electron chi connectivity index (χ2n) is 8.68. The first-order valence-corrected chi connectivity index (χ1v) is 14.8. The minimum absolute atomic E-state index is 0.109. The molecule has 0 aliphatic rings. The zero-order chi connectivity index (χ0) is 25.4. The summed E-state index contributed by atoms with van der Waals surface area (Å²) < 4.78 is 137. The van der Waals surface area contributed by atoms with Crippen LogP contribution < -0.4 is 0 Å². The van der Waals surface area contributed by atoms with Gasteiger partial charge in [-0.1, -0.05) is 0 Å². The Kier molecular flexibility index (Phi) is 8.37. The van der Waals surface area contributed by atoms with Crippen molar-refractivity contribution in [3.05, 3.63) is 35.9 Å². The van der Waals surface area contributed by atoms with E-state index in [1.807, 2.05) is 0 Å². The van der Waals surface area contributed by atoms with Crippen LogP contribution in [0.2, 0.25) is 0 Å². The van der Waals surface area contributed by atoms with Gasteiger partial charge in [0.2, 0.25) is 0 Å². The van der Waals surface area contributed by atoms with E-state index in [4.69, 9.17) is 9.22 Å². The number of benzene rings is 1. The van der Waals surface area contributed by atoms with Gasteiger partial charge >= 0.3 is 186 Å². The average molecular weight is 591 g/mol. The SMILES string of the molecule is CC(C)([O][Sn]([CH2]c1ccccc1)([O]C(C)(C)C(F)(F)F)[O]C(C)(C)C(F)(F)F)C(F)(F)F. The summed E-state index contributed by atoms with van der Waals surface area (Å²) in [4.78, 5) is 0. The summed E-state index contributed by atoms with van der Waals surface area (Å²) in [5, 5.41) is 0. The van der Waals surface area contributed by atoms with Crippen LogP contribution in [0.15, 0.2) is 30.3 Å². The van der Waals surface area contributed by atoms with Crippen molar-refractivity contribution in [2.75, 3.05) is 0 Å². The normalized spacial score (nSPS) is 15.2. The van der Waals surface area contributed by atoms with Crippen LogP contribution in [-0.2, 0) is 13.7 Å². The van der Waals surface area contributed by atoms with Gasteiger partial charge in [0.1, 0.15) is 0 Å². The Morgan fingerprint density at radius 3 is 1.09 bits per heavy atom. The van der Waals surface area contributed by atoms with Gasteiger partial charge in [-0.25, -0.2) is 0 Å². The summed E-state index contributed by atoms with van der Waals surface area (Å²) in [5.74, 6) is 0. The Morgan fingerprint density at radius 1 is 0.562 bits per heavy atom. The molecule has 0 spiro atoms. The van der Waals surface area contributed by atoms with Crippen molar-refractivity contribution in [1.82, 2.24) is 0 Å². The van der Waals surface area contributed by atoms with E-state index in [2.05, 4.69) is 0 Å². The molecule has 32 heavy (non-hydrogen) atoms. The Hall–Kier alpha value is -0.731. The Labute approximate surface area is 185 Å². The molecule has 0 bridgehead atoms. The molecule has 1 rings (SSSR count). The first-order chi connectivity index (χ1) is 13.9. The Balaban J connectivity index is 3.75. The molecule has 0 aromatic heterocycles. The summed E-state index contributed by atoms with van der Waals surface area (Å²) in [7, 11) is 0. The topological polar surface area (TPSA) is 27.7 Å². The van der Waals surface area contributed by atoms with E-state index in [1.54, 1.807) is 0 Å². The fourth-order valence-corrected chi connectivity index (χ4v) is 13.1. The minimum atomic E-state index is -6.46. The van der Waals surface area contributed by atoms with Crippen LogP contribution in [0.25, 0.3) is 0 Å². The first-order valence-electron chi connectivity index (χ1n) is 9.29. The van der Waals surface area contributed by atoms with Crippen molar-refractivity contribution < 1.29 is 48.7 Å². The zero-order valence-electron chi connectivity index (χ0n) is 18.2. The molecular formula is C19H25F9O3Sn. The number of rotatable bonds is 8. The third-order valence-corrected chi connectivity index (χ3v) is 14.0. The zero-order valence-corrected chi connectivity index (χ0v) is 21.1. The van der Waals surface area contributed by atoms with Crippen LogP contribution in [0.4, 0.5) is 39.5 Å². The molecule has 0 heterocycles. The molecule has 0 amide bonds. The van der Waals surface area contributed by atoms with E-state index in [-0.39, 0.29) is 5.56 Å². The third-order valence-electron chi connectivity index (χ3n) is 4.54. The first kappa shape index (κ1) is 29.3. The van der Waals surface area contributed by atoms with Crippen LogP contribution >= 0.6 is 0 Å². The maximum absolute atomic E-state index is 13.6. The average Bonchev–Trinajstić information content (AvgIpc) is 2.50. The molecule has 0 aliphatic carbocycles. The van der Waals surface area contributed by atoms with Gasteiger partial charge in [-0.05, 0) is 0 Å². The van der Waals surface area contributed by atoms with Gasteiger partial charge in [-0.2, -0.15) is 0 Å². The van der Waals surface area contributed by atoms with E-state index in [1.165, 1.54) is 30.3 Å². The van der Waals surface area contributed by atoms with Crippen LogP contribution in [0.1, 0.15) is 47.1 Å². The molecule has 186 valence electrons. The second kappa shape index (κ2) is 9.14. The van der Waals surface area contributed by atoms with Gasteiger partial charge in [-0.15, -0.1) is 0 Å². The molecule has 3 nitrogen and oxygen atoms in total. The van der Waals surface area contributed by atoms with Crippen molar-refractivity contribution in [3.8, 4) is 0 Å². The van der Waals surface area contributed by atoms with Crippen molar-refractivity contribution >= 4 is 19.6 Å². The molecule has 0 aliphatic heterocycles. The molecule has 0 saturated heterocycles. The van der Waals surface area contributed by atoms with Crippen LogP contribution in [0, 0.1) is 0 Å². The monoisotopic (exact) mass is 592 g/mol. The summed E-state index contributed by atoms with van der Waals surface area (Å²) in [6, 6.07) is 7.00. The third kappa shape index (κ3) is 7.13. The van der Waals surface area contributed by atoms with Crippen LogP contribution in [0.5, 0.6) is 0 Å². The van der Waals surface area contributed by atoms with Crippen molar-refractivity contribution in [3.63, 3.8) is 0 Å². The number of hydrogen-bond acceptors (Lipinski definition) is 3. The molecule has 0 atom stereocenters. The van der Waals surface area contributed by atoms with E-state index in [0.29, 0.717) is 41.5 Å². The molecule has 1 aromatic carbocycles. The predicted octanol–water partition coefficient (Wildman–Crippen LogP) is 6.78. The van der Waals surface area contributed by atoms with Crippen LogP contribution in [-0.4, -0.2) is 55.0 Å². The van der Waals surface area contributed by atoms with Gasteiger partial charge < -0.3 is 0 Å². The molecule has 0 unspecified atom stereocenters. The van der Waals surface area contributed by atoms with Gasteiger partial charge in [0.05, 0.1) is 0 Å². The van der Waals surface area contributed by atoms with E-state index >= 15 is 0 Å². The predicted molar refractivity (Wildman–Crippen MR) is 99.6 cm³/mol. The fourth-order valence-electron chi connectivity index (χ4n) is 2.36. The van der Waals surface area contributed by atoms with Crippen LogP contribution in [0.3, 0.4) is 0 Å². The van der Waals surface area contributed by atoms with E-state index < -0.39 is 59.4 Å². The quantitative estimate of drug-likeness (QED) is 0.247. The van der Waals surface area contributed by atoms with Gasteiger partial charge in [-0.3, -0.25) is 0 Å². The van der Waals surface area contributed by atoms with Crippen molar-refractivity contribution in [2.24, 2.45) is 0 Å². The molecule has 0 N–H and O–H groups in total.